The second-order valence-corrected chi connectivity index (χ2v) is 23.9. The van der Waals surface area contributed by atoms with Crippen LogP contribution in [0.15, 0.2) is 231 Å². The molecular weight excluding hydrogens is 847 g/mol. The third kappa shape index (κ3) is 6.47. The first-order valence-electron chi connectivity index (χ1n) is 23.1. The van der Waals surface area contributed by atoms with Crippen molar-refractivity contribution in [3.63, 3.8) is 0 Å². The molecule has 0 aromatic heterocycles. The topological polar surface area (TPSA) is 6.48 Å². The number of fused-ring (bicyclic) bond motifs is 10. The molecule has 0 unspecified atom stereocenters. The first-order chi connectivity index (χ1) is 32.9. The SMILES string of the molecule is CN1c2cc3ccccc3cc2P(c2ccccc2)c2cc3ccccc3cc2N(C)c2cc3cc4ccccc4cc3cc2[P+](C)(c2ccccc2)c2cc3cc4ccccc4cc3cc21. The Kier molecular flexibility index (Phi) is 9.33. The summed E-state index contributed by atoms with van der Waals surface area (Å²) in [4.78, 5) is 5.12. The van der Waals surface area contributed by atoms with Gasteiger partial charge in [-0.05, 0) is 163 Å². The van der Waals surface area contributed by atoms with E-state index in [4.69, 9.17) is 0 Å². The molecule has 0 amide bonds. The van der Waals surface area contributed by atoms with Gasteiger partial charge in [0.25, 0.3) is 0 Å². The quantitative estimate of drug-likeness (QED) is 0.126. The van der Waals surface area contributed by atoms with E-state index >= 15 is 0 Å². The van der Waals surface area contributed by atoms with Crippen molar-refractivity contribution in [2.45, 2.75) is 0 Å². The van der Waals surface area contributed by atoms with Crippen molar-refractivity contribution < 1.29 is 0 Å². The molecule has 0 N–H and O–H groups in total. The standard InChI is InChI=1S/C63H47N2P2/c1-64-56-34-46-22-14-16-24-48(46)38-60(56)66(54-26-6-4-7-27-54)61-39-49-25-17-15-23-47(49)35-57(61)65(2)59-37-51-31-43-19-11-13-21-45(43)33-53(51)41-63(59)67(3,55-28-8-5-9-29-55)62-40-52-32-44-20-12-10-18-42(44)30-50(52)36-58(62)64/h4-41H,1-3H3/q+1. The summed E-state index contributed by atoms with van der Waals surface area (Å²) in [5, 5.41) is 23.0. The zero-order chi connectivity index (χ0) is 44.8. The van der Waals surface area contributed by atoms with Crippen LogP contribution < -0.4 is 41.6 Å². The number of nitrogens with zero attached hydrogens (tertiary/aromatic N) is 2. The highest BCUT2D eigenvalue weighted by atomic mass is 31.2. The molecule has 2 nitrogen and oxygen atoms in total. The summed E-state index contributed by atoms with van der Waals surface area (Å²) in [5.41, 5.74) is 4.91. The van der Waals surface area contributed by atoms with E-state index in [0.717, 1.165) is 0 Å². The van der Waals surface area contributed by atoms with E-state index in [1.807, 2.05) is 0 Å². The summed E-state index contributed by atoms with van der Waals surface area (Å²) in [6, 6.07) is 87.9. The van der Waals surface area contributed by atoms with Crippen LogP contribution in [0.25, 0.3) is 64.6 Å². The monoisotopic (exact) mass is 893 g/mol. The lowest BCUT2D eigenvalue weighted by molar-refractivity contribution is 1.23. The van der Waals surface area contributed by atoms with Crippen LogP contribution in [0.1, 0.15) is 0 Å². The molecule has 1 aliphatic rings. The highest BCUT2D eigenvalue weighted by Gasteiger charge is 2.47. The molecule has 0 saturated carbocycles. The van der Waals surface area contributed by atoms with Crippen LogP contribution in [0.2, 0.25) is 0 Å². The molecule has 0 bridgehead atoms. The normalized spacial score (nSPS) is 16.1. The van der Waals surface area contributed by atoms with Crippen LogP contribution in [-0.4, -0.2) is 20.8 Å². The zero-order valence-electron chi connectivity index (χ0n) is 37.7. The third-order valence-electron chi connectivity index (χ3n) is 14.5. The van der Waals surface area contributed by atoms with Gasteiger partial charge in [0.1, 0.15) is 23.2 Å². The molecule has 4 heteroatoms. The fourth-order valence-corrected chi connectivity index (χ4v) is 17.3. The molecule has 0 saturated heterocycles. The Morgan fingerprint density at radius 3 is 0.985 bits per heavy atom. The molecule has 13 rings (SSSR count). The van der Waals surface area contributed by atoms with Crippen LogP contribution in [0.5, 0.6) is 0 Å². The minimum Gasteiger partial charge on any atom is -0.341 e. The van der Waals surface area contributed by atoms with Crippen molar-refractivity contribution in [2.24, 2.45) is 0 Å². The van der Waals surface area contributed by atoms with E-state index in [1.165, 1.54) is 119 Å². The summed E-state index contributed by atoms with van der Waals surface area (Å²) in [6.45, 7) is 2.59. The van der Waals surface area contributed by atoms with Crippen LogP contribution in [0.3, 0.4) is 0 Å². The van der Waals surface area contributed by atoms with Crippen molar-refractivity contribution in [1.29, 1.82) is 0 Å². The molecule has 0 atom stereocenters. The molecule has 0 radical (unpaired) electrons. The van der Waals surface area contributed by atoms with Crippen LogP contribution >= 0.6 is 15.2 Å². The second-order valence-electron chi connectivity index (χ2n) is 18.3. The molecule has 12 aromatic carbocycles. The van der Waals surface area contributed by atoms with Gasteiger partial charge in [-0.2, -0.15) is 0 Å². The van der Waals surface area contributed by atoms with E-state index < -0.39 is 15.2 Å². The lowest BCUT2D eigenvalue weighted by atomic mass is 10.0. The van der Waals surface area contributed by atoms with E-state index in [9.17, 15) is 0 Å². The van der Waals surface area contributed by atoms with Crippen LogP contribution in [0.4, 0.5) is 22.7 Å². The summed E-state index contributed by atoms with van der Waals surface area (Å²) >= 11 is 0. The Bertz CT molecular complexity index is 3720. The predicted octanol–water partition coefficient (Wildman–Crippen LogP) is 14.1. The largest absolute Gasteiger partial charge is 0.341 e. The summed E-state index contributed by atoms with van der Waals surface area (Å²) in [5.74, 6) is 0. The van der Waals surface area contributed by atoms with Gasteiger partial charge >= 0.3 is 0 Å². The molecule has 12 aromatic rings. The fraction of sp³-hybridized carbons (Fsp3) is 0.0476. The third-order valence-corrected chi connectivity index (χ3v) is 20.9. The first kappa shape index (κ1) is 40.0. The molecule has 1 aliphatic heterocycles. The van der Waals surface area contributed by atoms with Gasteiger partial charge in [0.15, 0.2) is 0 Å². The number of anilines is 4. The lowest BCUT2D eigenvalue weighted by Crippen LogP contribution is -2.38. The second kappa shape index (κ2) is 15.6. The van der Waals surface area contributed by atoms with Crippen molar-refractivity contribution in [3.05, 3.63) is 231 Å². The smallest absolute Gasteiger partial charge is 0.128 e. The Morgan fingerprint density at radius 2 is 0.597 bits per heavy atom. The average Bonchev–Trinajstić information content (AvgIpc) is 3.38. The lowest BCUT2D eigenvalue weighted by Gasteiger charge is -2.36. The maximum Gasteiger partial charge on any atom is 0.128 e. The highest BCUT2D eigenvalue weighted by Crippen LogP contribution is 2.58. The van der Waals surface area contributed by atoms with Gasteiger partial charge in [-0.15, -0.1) is 0 Å². The molecule has 67 heavy (non-hydrogen) atoms. The maximum atomic E-state index is 2.59. The van der Waals surface area contributed by atoms with E-state index in [1.54, 1.807) is 0 Å². The molecular formula is C63H47N2P2+. The Morgan fingerprint density at radius 1 is 0.299 bits per heavy atom. The van der Waals surface area contributed by atoms with Crippen LogP contribution in [0, 0.1) is 0 Å². The number of hydrogen-bond donors (Lipinski definition) is 0. The minimum absolute atomic E-state index is 1.13. The number of benzene rings is 12. The Balaban J connectivity index is 1.25. The van der Waals surface area contributed by atoms with E-state index in [0.29, 0.717) is 0 Å². The van der Waals surface area contributed by atoms with Gasteiger partial charge in [0, 0.05) is 36.1 Å². The predicted molar refractivity (Wildman–Crippen MR) is 297 cm³/mol. The Hall–Kier alpha value is -7.34. The average molecular weight is 894 g/mol. The summed E-state index contributed by atoms with van der Waals surface area (Å²) < 4.78 is 0. The van der Waals surface area contributed by atoms with Gasteiger partial charge < -0.3 is 9.80 Å². The van der Waals surface area contributed by atoms with Gasteiger partial charge in [0.05, 0.1) is 18.0 Å². The minimum atomic E-state index is -2.52. The molecule has 1 heterocycles. The number of hydrogen-bond acceptors (Lipinski definition) is 2. The van der Waals surface area contributed by atoms with Gasteiger partial charge in [-0.3, -0.25) is 0 Å². The summed E-state index contributed by atoms with van der Waals surface area (Å²) in [6.07, 6.45) is 0. The zero-order valence-corrected chi connectivity index (χ0v) is 39.5. The summed E-state index contributed by atoms with van der Waals surface area (Å²) in [7, 11) is 1.02. The van der Waals surface area contributed by atoms with Gasteiger partial charge in [0.2, 0.25) is 0 Å². The van der Waals surface area contributed by atoms with Gasteiger partial charge in [-0.1, -0.05) is 146 Å². The van der Waals surface area contributed by atoms with Gasteiger partial charge in [-0.25, -0.2) is 0 Å². The molecule has 318 valence electrons. The maximum absolute atomic E-state index is 2.59. The number of rotatable bonds is 2. The highest BCUT2D eigenvalue weighted by molar-refractivity contribution is 7.95. The molecule has 0 fully saturated rings. The Labute approximate surface area is 393 Å². The van der Waals surface area contributed by atoms with Crippen molar-refractivity contribution in [1.82, 2.24) is 0 Å². The van der Waals surface area contributed by atoms with Crippen molar-refractivity contribution >= 4 is 134 Å². The fourth-order valence-electron chi connectivity index (χ4n) is 10.9. The van der Waals surface area contributed by atoms with Crippen molar-refractivity contribution in [3.8, 4) is 0 Å². The van der Waals surface area contributed by atoms with E-state index in [2.05, 4.69) is 261 Å². The van der Waals surface area contributed by atoms with Crippen molar-refractivity contribution in [2.75, 3.05) is 30.6 Å². The molecule has 0 aliphatic carbocycles. The molecule has 0 spiro atoms. The first-order valence-corrected chi connectivity index (χ1v) is 26.7. The van der Waals surface area contributed by atoms with E-state index in [-0.39, 0.29) is 0 Å². The van der Waals surface area contributed by atoms with Crippen LogP contribution in [-0.2, 0) is 0 Å².